The van der Waals surface area contributed by atoms with Crippen LogP contribution in [0.15, 0.2) is 4.52 Å². The Morgan fingerprint density at radius 1 is 1.43 bits per heavy atom. The largest absolute Gasteiger partial charge is 0.384 e. The third-order valence-corrected chi connectivity index (χ3v) is 4.59. The number of likely N-dealkylation sites (tertiary alicyclic amines) is 1. The van der Waals surface area contributed by atoms with Crippen molar-refractivity contribution < 1.29 is 17.7 Å². The molecule has 0 spiro atoms. The quantitative estimate of drug-likeness (QED) is 0.736. The Hall–Kier alpha value is -0.990. The summed E-state index contributed by atoms with van der Waals surface area (Å²) in [6.07, 6.45) is 4.98. The lowest BCUT2D eigenvalue weighted by molar-refractivity contribution is 0.126. The smallest absolute Gasteiger partial charge is 0.243 e. The van der Waals surface area contributed by atoms with Gasteiger partial charge >= 0.3 is 0 Å². The summed E-state index contributed by atoms with van der Waals surface area (Å²) < 4.78 is 33.0. The molecule has 0 saturated carbocycles. The molecule has 2 rings (SSSR count). The maximum atomic E-state index is 11.3. The fourth-order valence-corrected chi connectivity index (χ4v) is 3.09. The zero-order chi connectivity index (χ0) is 15.3. The molecule has 1 atom stereocenters. The summed E-state index contributed by atoms with van der Waals surface area (Å²) in [6.45, 7) is 1.94. The molecule has 0 aliphatic carbocycles. The van der Waals surface area contributed by atoms with Gasteiger partial charge in [-0.05, 0) is 19.4 Å². The summed E-state index contributed by atoms with van der Waals surface area (Å²) in [5, 5.41) is 3.96. The van der Waals surface area contributed by atoms with Gasteiger partial charge < -0.3 is 9.26 Å². The standard InChI is InChI=1S/C13H23N3O4S/c1-19-9-6-12-14-13(20-15-12)11-5-3-4-7-16(11)8-10-21(2,17)18/h11H,3-10H2,1-2H3. The SMILES string of the molecule is COCCc1noc(C2CCCCN2CCS(C)(=O)=O)n1. The van der Waals surface area contributed by atoms with Crippen molar-refractivity contribution in [2.45, 2.75) is 31.7 Å². The highest BCUT2D eigenvalue weighted by Crippen LogP contribution is 2.29. The molecule has 21 heavy (non-hydrogen) atoms. The lowest BCUT2D eigenvalue weighted by atomic mass is 10.0. The average molecular weight is 317 g/mol. The molecule has 2 heterocycles. The summed E-state index contributed by atoms with van der Waals surface area (Å²) in [4.78, 5) is 6.55. The summed E-state index contributed by atoms with van der Waals surface area (Å²) in [5.41, 5.74) is 0. The van der Waals surface area contributed by atoms with Crippen LogP contribution in [0, 0.1) is 0 Å². The van der Waals surface area contributed by atoms with Crippen LogP contribution in [0.25, 0.3) is 0 Å². The van der Waals surface area contributed by atoms with Gasteiger partial charge in [0.05, 0.1) is 18.4 Å². The number of methoxy groups -OCH3 is 1. The number of rotatable bonds is 7. The minimum Gasteiger partial charge on any atom is -0.384 e. The van der Waals surface area contributed by atoms with Crippen LogP contribution >= 0.6 is 0 Å². The molecule has 0 N–H and O–H groups in total. The number of hydrogen-bond donors (Lipinski definition) is 0. The first-order chi connectivity index (χ1) is 9.99. The van der Waals surface area contributed by atoms with E-state index in [0.29, 0.717) is 31.3 Å². The Kier molecular flexibility index (Phi) is 5.72. The predicted molar refractivity (Wildman–Crippen MR) is 77.8 cm³/mol. The Bertz CT molecular complexity index is 543. The first-order valence-corrected chi connectivity index (χ1v) is 9.29. The summed E-state index contributed by atoms with van der Waals surface area (Å²) in [6, 6.07) is 0.0318. The van der Waals surface area contributed by atoms with E-state index in [4.69, 9.17) is 9.26 Å². The molecule has 1 aromatic rings. The van der Waals surface area contributed by atoms with Crippen LogP contribution in [-0.4, -0.2) is 62.3 Å². The molecular formula is C13H23N3O4S. The first-order valence-electron chi connectivity index (χ1n) is 7.23. The van der Waals surface area contributed by atoms with E-state index in [0.717, 1.165) is 25.8 Å². The van der Waals surface area contributed by atoms with Gasteiger partial charge in [0.1, 0.15) is 9.84 Å². The molecule has 1 aromatic heterocycles. The minimum absolute atomic E-state index is 0.0318. The van der Waals surface area contributed by atoms with Crippen molar-refractivity contribution in [3.63, 3.8) is 0 Å². The molecule has 1 aliphatic heterocycles. The van der Waals surface area contributed by atoms with Gasteiger partial charge in [0, 0.05) is 26.3 Å². The highest BCUT2D eigenvalue weighted by molar-refractivity contribution is 7.90. The summed E-state index contributed by atoms with van der Waals surface area (Å²) in [5.74, 6) is 1.39. The van der Waals surface area contributed by atoms with Crippen molar-refractivity contribution in [3.05, 3.63) is 11.7 Å². The molecule has 0 bridgehead atoms. The zero-order valence-electron chi connectivity index (χ0n) is 12.6. The third kappa shape index (κ3) is 5.05. The van der Waals surface area contributed by atoms with Gasteiger partial charge in [-0.3, -0.25) is 4.90 Å². The molecular weight excluding hydrogens is 294 g/mol. The van der Waals surface area contributed by atoms with Crippen LogP contribution in [0.1, 0.15) is 37.0 Å². The van der Waals surface area contributed by atoms with E-state index in [1.165, 1.54) is 6.26 Å². The van der Waals surface area contributed by atoms with Crippen molar-refractivity contribution in [3.8, 4) is 0 Å². The highest BCUT2D eigenvalue weighted by atomic mass is 32.2. The van der Waals surface area contributed by atoms with Gasteiger partial charge in [-0.1, -0.05) is 11.6 Å². The monoisotopic (exact) mass is 317 g/mol. The van der Waals surface area contributed by atoms with E-state index in [1.807, 2.05) is 0 Å². The molecule has 0 amide bonds. The molecule has 0 aromatic carbocycles. The molecule has 120 valence electrons. The van der Waals surface area contributed by atoms with Gasteiger partial charge in [-0.25, -0.2) is 8.42 Å². The van der Waals surface area contributed by atoms with Crippen LogP contribution in [0.2, 0.25) is 0 Å². The molecule has 1 unspecified atom stereocenters. The fraction of sp³-hybridized carbons (Fsp3) is 0.846. The van der Waals surface area contributed by atoms with Gasteiger partial charge in [0.15, 0.2) is 5.82 Å². The second-order valence-corrected chi connectivity index (χ2v) is 7.73. The molecule has 0 radical (unpaired) electrons. The Balaban J connectivity index is 2.02. The molecule has 1 fully saturated rings. The number of hydrogen-bond acceptors (Lipinski definition) is 7. The van der Waals surface area contributed by atoms with E-state index >= 15 is 0 Å². The lowest BCUT2D eigenvalue weighted by Crippen LogP contribution is -2.36. The third-order valence-electron chi connectivity index (χ3n) is 3.66. The molecule has 1 aliphatic rings. The molecule has 1 saturated heterocycles. The number of nitrogens with zero attached hydrogens (tertiary/aromatic N) is 3. The van der Waals surface area contributed by atoms with E-state index in [2.05, 4.69) is 15.0 Å². The second kappa shape index (κ2) is 7.33. The maximum Gasteiger partial charge on any atom is 0.243 e. The molecule has 7 nitrogen and oxygen atoms in total. The maximum absolute atomic E-state index is 11.3. The molecule has 8 heteroatoms. The number of sulfone groups is 1. The van der Waals surface area contributed by atoms with E-state index in [9.17, 15) is 8.42 Å². The second-order valence-electron chi connectivity index (χ2n) is 5.47. The van der Waals surface area contributed by atoms with Crippen molar-refractivity contribution >= 4 is 9.84 Å². The van der Waals surface area contributed by atoms with Crippen LogP contribution in [-0.2, 0) is 21.0 Å². The Morgan fingerprint density at radius 3 is 2.95 bits per heavy atom. The van der Waals surface area contributed by atoms with Gasteiger partial charge in [0.2, 0.25) is 5.89 Å². The lowest BCUT2D eigenvalue weighted by Gasteiger charge is -2.32. The van der Waals surface area contributed by atoms with Crippen LogP contribution < -0.4 is 0 Å². The fourth-order valence-electron chi connectivity index (χ4n) is 2.52. The van der Waals surface area contributed by atoms with E-state index in [-0.39, 0.29) is 11.8 Å². The van der Waals surface area contributed by atoms with Crippen molar-refractivity contribution in [1.29, 1.82) is 0 Å². The van der Waals surface area contributed by atoms with Crippen molar-refractivity contribution in [2.24, 2.45) is 0 Å². The van der Waals surface area contributed by atoms with Gasteiger partial charge in [-0.15, -0.1) is 0 Å². The normalized spacial score (nSPS) is 20.8. The zero-order valence-corrected chi connectivity index (χ0v) is 13.4. The Labute approximate surface area is 125 Å². The number of piperidine rings is 1. The van der Waals surface area contributed by atoms with Crippen LogP contribution in [0.3, 0.4) is 0 Å². The van der Waals surface area contributed by atoms with Crippen LogP contribution in [0.4, 0.5) is 0 Å². The predicted octanol–water partition coefficient (Wildman–Crippen LogP) is 0.830. The Morgan fingerprint density at radius 2 is 2.24 bits per heavy atom. The topological polar surface area (TPSA) is 85.5 Å². The highest BCUT2D eigenvalue weighted by Gasteiger charge is 2.29. The van der Waals surface area contributed by atoms with Crippen molar-refractivity contribution in [2.75, 3.05) is 38.8 Å². The van der Waals surface area contributed by atoms with E-state index in [1.54, 1.807) is 7.11 Å². The summed E-state index contributed by atoms with van der Waals surface area (Å²) >= 11 is 0. The number of aromatic nitrogens is 2. The van der Waals surface area contributed by atoms with E-state index < -0.39 is 9.84 Å². The first kappa shape index (κ1) is 16.4. The average Bonchev–Trinajstić information content (AvgIpc) is 2.91. The minimum atomic E-state index is -2.96. The van der Waals surface area contributed by atoms with Gasteiger partial charge in [0.25, 0.3) is 0 Å². The number of ether oxygens (including phenoxy) is 1. The summed E-state index contributed by atoms with van der Waals surface area (Å²) in [7, 11) is -1.33. The van der Waals surface area contributed by atoms with Crippen molar-refractivity contribution in [1.82, 2.24) is 15.0 Å². The van der Waals surface area contributed by atoms with Gasteiger partial charge in [-0.2, -0.15) is 4.98 Å². The van der Waals surface area contributed by atoms with Crippen LogP contribution in [0.5, 0.6) is 0 Å².